The van der Waals surface area contributed by atoms with Crippen molar-refractivity contribution in [3.63, 3.8) is 0 Å². The van der Waals surface area contributed by atoms with E-state index in [9.17, 15) is 14.7 Å². The lowest BCUT2D eigenvalue weighted by Gasteiger charge is -2.45. The average molecular weight is 503 g/mol. The first kappa shape index (κ1) is 27.0. The third kappa shape index (κ3) is 6.15. The minimum atomic E-state index is -0.950. The second-order valence-corrected chi connectivity index (χ2v) is 9.21. The second-order valence-electron chi connectivity index (χ2n) is 9.21. The van der Waals surface area contributed by atoms with Gasteiger partial charge in [-0.1, -0.05) is 37.3 Å². The molecule has 1 aliphatic heterocycles. The normalized spacial score (nSPS) is 17.8. The standard InChI is InChI=1S/C27H34N2O5.ClH/c1-2-16-29(17-20-34-23-6-4-3-5-7-23)27(14-18-33-19-15-27)25(32)28-26(12-13-26)22-10-8-21(9-11-22)24(30)31;/h3-11H,2,12-20H2,1H3,(H,28,32)(H,30,31);1H. The van der Waals surface area contributed by atoms with Crippen molar-refractivity contribution >= 4 is 24.3 Å². The zero-order valence-corrected chi connectivity index (χ0v) is 21.0. The maximum Gasteiger partial charge on any atom is 0.335 e. The van der Waals surface area contributed by atoms with Crippen molar-refractivity contribution in [3.05, 3.63) is 65.7 Å². The molecule has 1 aliphatic carbocycles. The highest BCUT2D eigenvalue weighted by Gasteiger charge is 2.52. The molecule has 1 amide bonds. The number of carbonyl (C=O) groups excluding carboxylic acids is 1. The number of aromatic carboxylic acids is 1. The summed E-state index contributed by atoms with van der Waals surface area (Å²) in [5, 5.41) is 12.6. The first-order chi connectivity index (χ1) is 16.5. The predicted octanol–water partition coefficient (Wildman–Crippen LogP) is 4.25. The van der Waals surface area contributed by atoms with E-state index in [0.29, 0.717) is 39.2 Å². The molecule has 2 aromatic carbocycles. The van der Waals surface area contributed by atoms with Gasteiger partial charge in [0.05, 0.1) is 11.1 Å². The van der Waals surface area contributed by atoms with Gasteiger partial charge >= 0.3 is 5.97 Å². The number of nitrogens with zero attached hydrogens (tertiary/aromatic N) is 1. The third-order valence-corrected chi connectivity index (χ3v) is 7.00. The van der Waals surface area contributed by atoms with Crippen molar-refractivity contribution in [2.45, 2.75) is 50.1 Å². The van der Waals surface area contributed by atoms with Crippen LogP contribution in [0.1, 0.15) is 54.9 Å². The highest BCUT2D eigenvalue weighted by Crippen LogP contribution is 2.46. The smallest absolute Gasteiger partial charge is 0.335 e. The Kier molecular flexibility index (Phi) is 9.16. The number of ether oxygens (including phenoxy) is 2. The number of amides is 1. The van der Waals surface area contributed by atoms with E-state index < -0.39 is 17.0 Å². The van der Waals surface area contributed by atoms with Crippen LogP contribution in [0.4, 0.5) is 0 Å². The summed E-state index contributed by atoms with van der Waals surface area (Å²) in [5.74, 6) is -0.0931. The molecule has 0 unspecified atom stereocenters. The van der Waals surface area contributed by atoms with Crippen LogP contribution in [-0.2, 0) is 15.1 Å². The fourth-order valence-electron chi connectivity index (χ4n) is 4.87. The second kappa shape index (κ2) is 11.9. The van der Waals surface area contributed by atoms with Crippen LogP contribution in [0.2, 0.25) is 0 Å². The SMILES string of the molecule is CCCN(CCOc1ccccc1)C1(C(=O)NC2(c3ccc(C(=O)O)cc3)CC2)CCOCC1.Cl. The monoisotopic (exact) mass is 502 g/mol. The zero-order valence-electron chi connectivity index (χ0n) is 20.2. The van der Waals surface area contributed by atoms with Crippen molar-refractivity contribution < 1.29 is 24.2 Å². The molecule has 1 saturated carbocycles. The number of halogens is 1. The van der Waals surface area contributed by atoms with E-state index >= 15 is 0 Å². The molecule has 190 valence electrons. The molecule has 1 heterocycles. The average Bonchev–Trinajstić information content (AvgIpc) is 3.65. The summed E-state index contributed by atoms with van der Waals surface area (Å²) in [6.07, 6.45) is 3.91. The van der Waals surface area contributed by atoms with Gasteiger partial charge in [0.15, 0.2) is 0 Å². The van der Waals surface area contributed by atoms with Crippen LogP contribution in [-0.4, -0.2) is 60.3 Å². The number of carbonyl (C=O) groups is 2. The summed E-state index contributed by atoms with van der Waals surface area (Å²) in [4.78, 5) is 27.4. The summed E-state index contributed by atoms with van der Waals surface area (Å²) in [6.45, 7) is 5.17. The Bertz CT molecular complexity index is 973. The van der Waals surface area contributed by atoms with E-state index in [1.54, 1.807) is 12.1 Å². The lowest BCUT2D eigenvalue weighted by Crippen LogP contribution is -2.63. The highest BCUT2D eigenvalue weighted by molar-refractivity contribution is 5.89. The molecule has 0 bridgehead atoms. The van der Waals surface area contributed by atoms with E-state index in [1.807, 2.05) is 42.5 Å². The quantitative estimate of drug-likeness (QED) is 0.477. The molecule has 8 heteroatoms. The lowest BCUT2D eigenvalue weighted by molar-refractivity contribution is -0.142. The number of nitrogens with one attached hydrogen (secondary N) is 1. The van der Waals surface area contributed by atoms with E-state index in [2.05, 4.69) is 17.1 Å². The van der Waals surface area contributed by atoms with Gasteiger partial charge < -0.3 is 19.9 Å². The molecular weight excluding hydrogens is 468 g/mol. The van der Waals surface area contributed by atoms with Gasteiger partial charge in [-0.3, -0.25) is 9.69 Å². The molecule has 0 aromatic heterocycles. The van der Waals surface area contributed by atoms with E-state index in [-0.39, 0.29) is 23.9 Å². The number of carboxylic acids is 1. The van der Waals surface area contributed by atoms with Gasteiger partial charge in [0.2, 0.25) is 5.91 Å². The summed E-state index contributed by atoms with van der Waals surface area (Å²) in [7, 11) is 0. The van der Waals surface area contributed by atoms with Gasteiger partial charge in [-0.25, -0.2) is 4.79 Å². The van der Waals surface area contributed by atoms with Gasteiger partial charge in [-0.05, 0) is 68.5 Å². The van der Waals surface area contributed by atoms with Gasteiger partial charge in [0.1, 0.15) is 17.9 Å². The molecule has 1 saturated heterocycles. The lowest BCUT2D eigenvalue weighted by atomic mass is 9.85. The summed E-state index contributed by atoms with van der Waals surface area (Å²) in [6, 6.07) is 16.6. The molecule has 2 fully saturated rings. The molecule has 2 aromatic rings. The van der Waals surface area contributed by atoms with Gasteiger partial charge in [-0.15, -0.1) is 12.4 Å². The van der Waals surface area contributed by atoms with Crippen molar-refractivity contribution in [1.82, 2.24) is 10.2 Å². The summed E-state index contributed by atoms with van der Waals surface area (Å²) >= 11 is 0. The number of benzene rings is 2. The first-order valence-electron chi connectivity index (χ1n) is 12.2. The Morgan fingerprint density at radius 1 is 1.00 bits per heavy atom. The van der Waals surface area contributed by atoms with Crippen molar-refractivity contribution in [2.24, 2.45) is 0 Å². The Hall–Kier alpha value is -2.61. The van der Waals surface area contributed by atoms with Crippen LogP contribution in [0, 0.1) is 0 Å². The summed E-state index contributed by atoms with van der Waals surface area (Å²) in [5.41, 5.74) is 0.143. The molecular formula is C27H35ClN2O5. The number of hydrogen-bond acceptors (Lipinski definition) is 5. The topological polar surface area (TPSA) is 88.1 Å². The van der Waals surface area contributed by atoms with Gasteiger partial charge in [0, 0.05) is 19.8 Å². The van der Waals surface area contributed by atoms with Gasteiger partial charge in [-0.2, -0.15) is 0 Å². The van der Waals surface area contributed by atoms with Crippen LogP contribution < -0.4 is 10.1 Å². The largest absolute Gasteiger partial charge is 0.492 e. The fourth-order valence-corrected chi connectivity index (χ4v) is 4.87. The molecule has 4 rings (SSSR count). The molecule has 0 spiro atoms. The van der Waals surface area contributed by atoms with Crippen LogP contribution in [0.15, 0.2) is 54.6 Å². The third-order valence-electron chi connectivity index (χ3n) is 7.00. The number of hydrogen-bond donors (Lipinski definition) is 2. The minimum Gasteiger partial charge on any atom is -0.492 e. The van der Waals surface area contributed by atoms with E-state index in [1.165, 1.54) is 0 Å². The Morgan fingerprint density at radius 2 is 1.66 bits per heavy atom. The number of para-hydroxylation sites is 1. The van der Waals surface area contributed by atoms with Crippen LogP contribution in [0.25, 0.3) is 0 Å². The van der Waals surface area contributed by atoms with Gasteiger partial charge in [0.25, 0.3) is 0 Å². The number of rotatable bonds is 11. The molecule has 2 N–H and O–H groups in total. The summed E-state index contributed by atoms with van der Waals surface area (Å²) < 4.78 is 11.6. The zero-order chi connectivity index (χ0) is 24.0. The predicted molar refractivity (Wildman–Crippen MR) is 136 cm³/mol. The van der Waals surface area contributed by atoms with Crippen LogP contribution in [0.5, 0.6) is 5.75 Å². The Morgan fingerprint density at radius 3 is 2.23 bits per heavy atom. The van der Waals surface area contributed by atoms with E-state index in [4.69, 9.17) is 9.47 Å². The Balaban J connectivity index is 0.00000342. The minimum absolute atomic E-state index is 0. The van der Waals surface area contributed by atoms with E-state index in [0.717, 1.165) is 37.1 Å². The first-order valence-corrected chi connectivity index (χ1v) is 12.2. The maximum atomic E-state index is 13.9. The molecule has 2 aliphatic rings. The van der Waals surface area contributed by atoms with Crippen molar-refractivity contribution in [2.75, 3.05) is 32.9 Å². The molecule has 0 atom stereocenters. The Labute approximate surface area is 213 Å². The van der Waals surface area contributed by atoms with Crippen molar-refractivity contribution in [1.29, 1.82) is 0 Å². The highest BCUT2D eigenvalue weighted by atomic mass is 35.5. The molecule has 35 heavy (non-hydrogen) atoms. The fraction of sp³-hybridized carbons (Fsp3) is 0.481. The molecule has 0 radical (unpaired) electrons. The maximum absolute atomic E-state index is 13.9. The van der Waals surface area contributed by atoms with Crippen LogP contribution in [0.3, 0.4) is 0 Å². The van der Waals surface area contributed by atoms with Crippen LogP contribution >= 0.6 is 12.4 Å². The number of carboxylic acid groups (broad SMARTS) is 1. The molecule has 7 nitrogen and oxygen atoms in total. The van der Waals surface area contributed by atoms with Crippen molar-refractivity contribution in [3.8, 4) is 5.75 Å².